The standard InChI is InChI=1S/C17H15FO3/c1-10-4-3-5-12-9-15(21-17(10)12)16(19)11-6-7-13(18)14(8-11)20-2/h3-9,16,19H,1-2H3. The van der Waals surface area contributed by atoms with E-state index >= 15 is 0 Å². The highest BCUT2D eigenvalue weighted by Crippen LogP contribution is 2.31. The predicted molar refractivity (Wildman–Crippen MR) is 78.0 cm³/mol. The van der Waals surface area contributed by atoms with E-state index in [9.17, 15) is 9.50 Å². The quantitative estimate of drug-likeness (QED) is 0.792. The molecule has 0 fully saturated rings. The number of methoxy groups -OCH3 is 1. The van der Waals surface area contributed by atoms with Crippen LogP contribution in [0, 0.1) is 12.7 Å². The van der Waals surface area contributed by atoms with Crippen molar-refractivity contribution >= 4 is 11.0 Å². The lowest BCUT2D eigenvalue weighted by Gasteiger charge is -2.10. The van der Waals surface area contributed by atoms with E-state index in [4.69, 9.17) is 9.15 Å². The Kier molecular flexibility index (Phi) is 3.39. The fourth-order valence-corrected chi connectivity index (χ4v) is 2.37. The maximum Gasteiger partial charge on any atom is 0.165 e. The molecule has 4 heteroatoms. The molecule has 1 unspecified atom stereocenters. The number of furan rings is 1. The average Bonchev–Trinajstić information content (AvgIpc) is 2.92. The predicted octanol–water partition coefficient (Wildman–Crippen LogP) is 3.97. The van der Waals surface area contributed by atoms with E-state index in [0.29, 0.717) is 11.3 Å². The van der Waals surface area contributed by atoms with Gasteiger partial charge in [0.05, 0.1) is 7.11 Å². The lowest BCUT2D eigenvalue weighted by Crippen LogP contribution is -1.99. The maximum absolute atomic E-state index is 13.4. The minimum atomic E-state index is -0.966. The molecule has 0 aliphatic heterocycles. The van der Waals surface area contributed by atoms with Gasteiger partial charge >= 0.3 is 0 Å². The highest BCUT2D eigenvalue weighted by atomic mass is 19.1. The second kappa shape index (κ2) is 5.22. The van der Waals surface area contributed by atoms with Gasteiger partial charge in [-0.15, -0.1) is 0 Å². The Bertz CT molecular complexity index is 792. The van der Waals surface area contributed by atoms with Gasteiger partial charge < -0.3 is 14.3 Å². The summed E-state index contributed by atoms with van der Waals surface area (Å²) in [6.45, 7) is 1.95. The van der Waals surface area contributed by atoms with Crippen LogP contribution < -0.4 is 4.74 Å². The van der Waals surface area contributed by atoms with Crippen LogP contribution in [0.5, 0.6) is 5.75 Å². The van der Waals surface area contributed by atoms with Gasteiger partial charge in [0.1, 0.15) is 17.4 Å². The molecule has 0 bridgehead atoms. The number of aryl methyl sites for hydroxylation is 1. The topological polar surface area (TPSA) is 42.6 Å². The van der Waals surface area contributed by atoms with Crippen molar-refractivity contribution in [2.24, 2.45) is 0 Å². The summed E-state index contributed by atoms with van der Waals surface area (Å²) in [6, 6.07) is 11.9. The zero-order valence-corrected chi connectivity index (χ0v) is 11.8. The summed E-state index contributed by atoms with van der Waals surface area (Å²) in [5.74, 6) is 0.0562. The van der Waals surface area contributed by atoms with E-state index in [0.717, 1.165) is 16.5 Å². The van der Waals surface area contributed by atoms with Gasteiger partial charge in [-0.05, 0) is 36.2 Å². The minimum absolute atomic E-state index is 0.0961. The summed E-state index contributed by atoms with van der Waals surface area (Å²) in [5, 5.41) is 11.4. The molecule has 1 aromatic heterocycles. The molecule has 0 radical (unpaired) electrons. The van der Waals surface area contributed by atoms with Crippen molar-refractivity contribution in [1.29, 1.82) is 0 Å². The molecular formula is C17H15FO3. The molecule has 0 saturated heterocycles. The van der Waals surface area contributed by atoms with Gasteiger partial charge in [-0.1, -0.05) is 24.3 Å². The Morgan fingerprint density at radius 1 is 1.19 bits per heavy atom. The molecule has 3 aromatic rings. The molecule has 1 heterocycles. The smallest absolute Gasteiger partial charge is 0.165 e. The fraction of sp³-hybridized carbons (Fsp3) is 0.176. The first-order valence-corrected chi connectivity index (χ1v) is 6.60. The molecule has 0 spiro atoms. The van der Waals surface area contributed by atoms with E-state index < -0.39 is 11.9 Å². The molecule has 0 saturated carbocycles. The van der Waals surface area contributed by atoms with E-state index in [-0.39, 0.29) is 5.75 Å². The molecule has 108 valence electrons. The van der Waals surface area contributed by atoms with Crippen LogP contribution in [0.15, 0.2) is 46.9 Å². The first kappa shape index (κ1) is 13.6. The van der Waals surface area contributed by atoms with Gasteiger partial charge in [0.2, 0.25) is 0 Å². The number of aliphatic hydroxyl groups is 1. The Balaban J connectivity index is 2.03. The van der Waals surface area contributed by atoms with Gasteiger partial charge in [-0.25, -0.2) is 4.39 Å². The van der Waals surface area contributed by atoms with Gasteiger partial charge in [-0.2, -0.15) is 0 Å². The van der Waals surface area contributed by atoms with E-state index in [1.807, 2.05) is 25.1 Å². The number of ether oxygens (including phenoxy) is 1. The van der Waals surface area contributed by atoms with Crippen LogP contribution in [0.3, 0.4) is 0 Å². The molecule has 1 N–H and O–H groups in total. The van der Waals surface area contributed by atoms with E-state index in [1.165, 1.54) is 25.3 Å². The van der Waals surface area contributed by atoms with E-state index in [1.54, 1.807) is 6.07 Å². The zero-order valence-electron chi connectivity index (χ0n) is 11.8. The second-order valence-electron chi connectivity index (χ2n) is 4.94. The second-order valence-corrected chi connectivity index (χ2v) is 4.94. The molecule has 3 rings (SSSR count). The number of aliphatic hydroxyl groups excluding tert-OH is 1. The highest BCUT2D eigenvalue weighted by Gasteiger charge is 2.18. The number of halogens is 1. The summed E-state index contributed by atoms with van der Waals surface area (Å²) >= 11 is 0. The van der Waals surface area contributed by atoms with Crippen molar-refractivity contribution in [2.45, 2.75) is 13.0 Å². The fourth-order valence-electron chi connectivity index (χ4n) is 2.37. The molecule has 0 aliphatic rings. The lowest BCUT2D eigenvalue weighted by molar-refractivity contribution is 0.191. The number of fused-ring (bicyclic) bond motifs is 1. The molecule has 0 amide bonds. The first-order valence-electron chi connectivity index (χ1n) is 6.60. The SMILES string of the molecule is COc1cc(C(O)c2cc3cccc(C)c3o2)ccc1F. The Morgan fingerprint density at radius 2 is 2.00 bits per heavy atom. The van der Waals surface area contributed by atoms with Gasteiger partial charge in [0, 0.05) is 5.39 Å². The Labute approximate surface area is 121 Å². The van der Waals surface area contributed by atoms with Crippen molar-refractivity contribution in [1.82, 2.24) is 0 Å². The summed E-state index contributed by atoms with van der Waals surface area (Å²) in [4.78, 5) is 0. The van der Waals surface area contributed by atoms with Crippen molar-refractivity contribution in [3.63, 3.8) is 0 Å². The van der Waals surface area contributed by atoms with Crippen LogP contribution in [0.1, 0.15) is 23.0 Å². The summed E-state index contributed by atoms with van der Waals surface area (Å²) in [5.41, 5.74) is 2.27. The van der Waals surface area contributed by atoms with Crippen LogP contribution in [0.25, 0.3) is 11.0 Å². The Morgan fingerprint density at radius 3 is 2.71 bits per heavy atom. The van der Waals surface area contributed by atoms with Crippen LogP contribution >= 0.6 is 0 Å². The Hall–Kier alpha value is -2.33. The van der Waals surface area contributed by atoms with Crippen molar-refractivity contribution in [3.05, 3.63) is 65.2 Å². The number of hydrogen-bond donors (Lipinski definition) is 1. The molecule has 2 aromatic carbocycles. The monoisotopic (exact) mass is 286 g/mol. The number of benzene rings is 2. The van der Waals surface area contributed by atoms with Crippen molar-refractivity contribution in [2.75, 3.05) is 7.11 Å². The van der Waals surface area contributed by atoms with Crippen LogP contribution in [-0.4, -0.2) is 12.2 Å². The van der Waals surface area contributed by atoms with Crippen molar-refractivity contribution in [3.8, 4) is 5.75 Å². The van der Waals surface area contributed by atoms with Gasteiger partial charge in [-0.3, -0.25) is 0 Å². The minimum Gasteiger partial charge on any atom is -0.494 e. The summed E-state index contributed by atoms with van der Waals surface area (Å²) < 4.78 is 24.1. The first-order chi connectivity index (χ1) is 10.1. The normalized spacial score (nSPS) is 12.6. The molecule has 3 nitrogen and oxygen atoms in total. The molecule has 21 heavy (non-hydrogen) atoms. The van der Waals surface area contributed by atoms with Gasteiger partial charge in [0.25, 0.3) is 0 Å². The number of para-hydroxylation sites is 1. The molecule has 1 atom stereocenters. The average molecular weight is 286 g/mol. The van der Waals surface area contributed by atoms with Crippen LogP contribution in [0.2, 0.25) is 0 Å². The number of rotatable bonds is 3. The summed E-state index contributed by atoms with van der Waals surface area (Å²) in [6.07, 6.45) is -0.966. The zero-order chi connectivity index (χ0) is 15.0. The third kappa shape index (κ3) is 2.38. The van der Waals surface area contributed by atoms with Crippen LogP contribution in [0.4, 0.5) is 4.39 Å². The largest absolute Gasteiger partial charge is 0.494 e. The maximum atomic E-state index is 13.4. The third-order valence-corrected chi connectivity index (χ3v) is 3.52. The lowest BCUT2D eigenvalue weighted by atomic mass is 10.1. The molecular weight excluding hydrogens is 271 g/mol. The van der Waals surface area contributed by atoms with Crippen molar-refractivity contribution < 1.29 is 18.7 Å². The number of hydrogen-bond acceptors (Lipinski definition) is 3. The van der Waals surface area contributed by atoms with E-state index in [2.05, 4.69) is 0 Å². The summed E-state index contributed by atoms with van der Waals surface area (Å²) in [7, 11) is 1.39. The van der Waals surface area contributed by atoms with Crippen LogP contribution in [-0.2, 0) is 0 Å². The highest BCUT2D eigenvalue weighted by molar-refractivity contribution is 5.81. The third-order valence-electron chi connectivity index (χ3n) is 3.52. The molecule has 0 aliphatic carbocycles. The van der Waals surface area contributed by atoms with Gasteiger partial charge in [0.15, 0.2) is 11.6 Å².